The van der Waals surface area contributed by atoms with Gasteiger partial charge in [-0.1, -0.05) is 0 Å². The average Bonchev–Trinajstić information content (AvgIpc) is 2.74. The Bertz CT molecular complexity index is 576. The minimum atomic E-state index is -0.900. The standard InChI is InChI=1S/C20H36N4O7/c1-30-19(28)16-23-9-7-21(5-3-4-14-25)6-8-22(15-18(26)27)10-11-24(13-12-23)17-20(29)31-2/h14H,3-13,15-17H2,1-2H3,(H,26,27). The van der Waals surface area contributed by atoms with Gasteiger partial charge in [-0.25, -0.2) is 0 Å². The molecule has 1 fully saturated rings. The van der Waals surface area contributed by atoms with E-state index in [1.807, 2.05) is 14.7 Å². The van der Waals surface area contributed by atoms with E-state index in [0.29, 0.717) is 58.8 Å². The van der Waals surface area contributed by atoms with E-state index in [2.05, 4.69) is 4.90 Å². The van der Waals surface area contributed by atoms with Crippen molar-refractivity contribution < 1.29 is 33.8 Å². The number of esters is 2. The molecule has 0 aromatic heterocycles. The summed E-state index contributed by atoms with van der Waals surface area (Å²) in [6.07, 6.45) is 2.10. The van der Waals surface area contributed by atoms with Crippen LogP contribution in [-0.2, 0) is 28.7 Å². The lowest BCUT2D eigenvalue weighted by Crippen LogP contribution is -2.48. The van der Waals surface area contributed by atoms with Crippen molar-refractivity contribution >= 4 is 24.2 Å². The summed E-state index contributed by atoms with van der Waals surface area (Å²) in [6, 6.07) is 0. The van der Waals surface area contributed by atoms with Crippen LogP contribution in [0.5, 0.6) is 0 Å². The molecule has 31 heavy (non-hydrogen) atoms. The highest BCUT2D eigenvalue weighted by Crippen LogP contribution is 2.03. The number of nitrogens with zero attached hydrogens (tertiary/aromatic N) is 4. The number of carbonyl (C=O) groups is 4. The number of methoxy groups -OCH3 is 2. The fraction of sp³-hybridized carbons (Fsp3) is 0.800. The molecule has 1 aliphatic heterocycles. The predicted molar refractivity (Wildman–Crippen MR) is 113 cm³/mol. The second kappa shape index (κ2) is 15.7. The van der Waals surface area contributed by atoms with Crippen molar-refractivity contribution in [2.45, 2.75) is 12.8 Å². The van der Waals surface area contributed by atoms with Crippen molar-refractivity contribution in [2.24, 2.45) is 0 Å². The predicted octanol–water partition coefficient (Wildman–Crippen LogP) is -1.38. The van der Waals surface area contributed by atoms with Crippen LogP contribution in [0.15, 0.2) is 0 Å². The van der Waals surface area contributed by atoms with Crippen LogP contribution in [0.25, 0.3) is 0 Å². The summed E-state index contributed by atoms with van der Waals surface area (Å²) in [5.41, 5.74) is 0. The Labute approximate surface area is 183 Å². The number of ether oxygens (including phenoxy) is 2. The highest BCUT2D eigenvalue weighted by atomic mass is 16.5. The first-order chi connectivity index (χ1) is 14.9. The molecule has 0 bridgehead atoms. The van der Waals surface area contributed by atoms with E-state index in [1.165, 1.54) is 14.2 Å². The highest BCUT2D eigenvalue weighted by Gasteiger charge is 2.20. The molecule has 0 aromatic rings. The van der Waals surface area contributed by atoms with Crippen molar-refractivity contribution in [3.63, 3.8) is 0 Å². The maximum atomic E-state index is 11.8. The minimum Gasteiger partial charge on any atom is -0.480 e. The Morgan fingerprint density at radius 2 is 1.13 bits per heavy atom. The third-order valence-electron chi connectivity index (χ3n) is 5.25. The van der Waals surface area contributed by atoms with Crippen LogP contribution in [0, 0.1) is 0 Å². The molecule has 1 aliphatic rings. The number of carboxylic acids is 1. The molecule has 0 aliphatic carbocycles. The zero-order chi connectivity index (χ0) is 23.1. The van der Waals surface area contributed by atoms with Gasteiger partial charge in [0.1, 0.15) is 6.29 Å². The van der Waals surface area contributed by atoms with Crippen molar-refractivity contribution in [1.29, 1.82) is 0 Å². The fourth-order valence-corrected chi connectivity index (χ4v) is 3.36. The van der Waals surface area contributed by atoms with Gasteiger partial charge in [0.2, 0.25) is 0 Å². The summed E-state index contributed by atoms with van der Waals surface area (Å²) in [5.74, 6) is -1.59. The third-order valence-corrected chi connectivity index (χ3v) is 5.25. The Hall–Kier alpha value is -2.08. The summed E-state index contributed by atoms with van der Waals surface area (Å²) >= 11 is 0. The van der Waals surface area contributed by atoms with Gasteiger partial charge in [0.25, 0.3) is 0 Å². The van der Waals surface area contributed by atoms with Crippen LogP contribution in [0.3, 0.4) is 0 Å². The lowest BCUT2D eigenvalue weighted by molar-refractivity contribution is -0.144. The second-order valence-corrected chi connectivity index (χ2v) is 7.52. The molecule has 178 valence electrons. The quantitative estimate of drug-likeness (QED) is 0.244. The molecule has 11 heteroatoms. The van der Waals surface area contributed by atoms with Crippen LogP contribution < -0.4 is 0 Å². The Morgan fingerprint density at radius 3 is 1.48 bits per heavy atom. The van der Waals surface area contributed by atoms with E-state index >= 15 is 0 Å². The van der Waals surface area contributed by atoms with Crippen molar-refractivity contribution in [1.82, 2.24) is 19.6 Å². The summed E-state index contributed by atoms with van der Waals surface area (Å²) in [7, 11) is 2.68. The van der Waals surface area contributed by atoms with Gasteiger partial charge in [-0.3, -0.25) is 29.1 Å². The number of hydrogen-bond donors (Lipinski definition) is 1. The van der Waals surface area contributed by atoms with Crippen LogP contribution in [0.2, 0.25) is 0 Å². The van der Waals surface area contributed by atoms with E-state index in [4.69, 9.17) is 9.47 Å². The monoisotopic (exact) mass is 444 g/mol. The molecule has 1 heterocycles. The van der Waals surface area contributed by atoms with Crippen LogP contribution in [0.4, 0.5) is 0 Å². The minimum absolute atomic E-state index is 0.0806. The first-order valence-corrected chi connectivity index (χ1v) is 10.6. The van der Waals surface area contributed by atoms with Gasteiger partial charge >= 0.3 is 17.9 Å². The molecule has 0 saturated carbocycles. The molecular weight excluding hydrogens is 408 g/mol. The summed E-state index contributed by atoms with van der Waals surface area (Å²) in [4.78, 5) is 53.5. The van der Waals surface area contributed by atoms with Crippen LogP contribution in [0.1, 0.15) is 12.8 Å². The number of carbonyl (C=O) groups excluding carboxylic acids is 3. The van der Waals surface area contributed by atoms with Crippen LogP contribution in [-0.4, -0.2) is 142 Å². The van der Waals surface area contributed by atoms with Gasteiger partial charge < -0.3 is 24.3 Å². The largest absolute Gasteiger partial charge is 0.480 e. The lowest BCUT2D eigenvalue weighted by atomic mass is 10.2. The zero-order valence-electron chi connectivity index (χ0n) is 18.7. The van der Waals surface area contributed by atoms with E-state index in [1.54, 1.807) is 0 Å². The maximum absolute atomic E-state index is 11.8. The number of carboxylic acid groups (broad SMARTS) is 1. The van der Waals surface area contributed by atoms with E-state index in [9.17, 15) is 24.3 Å². The van der Waals surface area contributed by atoms with E-state index < -0.39 is 5.97 Å². The van der Waals surface area contributed by atoms with Gasteiger partial charge in [0.05, 0.1) is 33.9 Å². The lowest BCUT2D eigenvalue weighted by Gasteiger charge is -2.33. The number of aliphatic carboxylic acids is 1. The Balaban J connectivity index is 2.91. The molecule has 1 N–H and O–H groups in total. The summed E-state index contributed by atoms with van der Waals surface area (Å²) in [5, 5.41) is 9.25. The number of unbranched alkanes of at least 4 members (excludes halogenated alkanes) is 1. The van der Waals surface area contributed by atoms with E-state index in [0.717, 1.165) is 19.3 Å². The SMILES string of the molecule is COC(=O)CN1CCN(CCCC=O)CCN(CC(=O)O)CCN(CC(=O)OC)CC1. The summed E-state index contributed by atoms with van der Waals surface area (Å²) in [6.45, 7) is 5.44. The number of aldehydes is 1. The van der Waals surface area contributed by atoms with Gasteiger partial charge in [-0.15, -0.1) is 0 Å². The fourth-order valence-electron chi connectivity index (χ4n) is 3.36. The Morgan fingerprint density at radius 1 is 0.742 bits per heavy atom. The highest BCUT2D eigenvalue weighted by molar-refractivity contribution is 5.72. The Kier molecular flexibility index (Phi) is 13.6. The topological polar surface area (TPSA) is 120 Å². The molecule has 0 radical (unpaired) electrons. The number of hydrogen-bond acceptors (Lipinski definition) is 10. The first kappa shape index (κ1) is 27.0. The molecule has 1 rings (SSSR count). The van der Waals surface area contributed by atoms with Crippen molar-refractivity contribution in [2.75, 3.05) is 92.8 Å². The molecule has 0 unspecified atom stereocenters. The number of rotatable bonds is 10. The first-order valence-electron chi connectivity index (χ1n) is 10.6. The zero-order valence-corrected chi connectivity index (χ0v) is 18.7. The van der Waals surface area contributed by atoms with Crippen molar-refractivity contribution in [3.05, 3.63) is 0 Å². The van der Waals surface area contributed by atoms with Gasteiger partial charge in [0.15, 0.2) is 0 Å². The van der Waals surface area contributed by atoms with Gasteiger partial charge in [-0.2, -0.15) is 0 Å². The molecule has 0 spiro atoms. The van der Waals surface area contributed by atoms with Crippen LogP contribution >= 0.6 is 0 Å². The normalized spacial score (nSPS) is 18.5. The van der Waals surface area contributed by atoms with E-state index in [-0.39, 0.29) is 31.6 Å². The molecule has 1 saturated heterocycles. The molecular formula is C20H36N4O7. The van der Waals surface area contributed by atoms with Crippen molar-refractivity contribution in [3.8, 4) is 0 Å². The molecule has 0 amide bonds. The third kappa shape index (κ3) is 12.4. The molecule has 0 aromatic carbocycles. The molecule has 0 atom stereocenters. The summed E-state index contributed by atoms with van der Waals surface area (Å²) < 4.78 is 9.59. The molecule has 11 nitrogen and oxygen atoms in total. The van der Waals surface area contributed by atoms with Gasteiger partial charge in [-0.05, 0) is 13.0 Å². The smallest absolute Gasteiger partial charge is 0.319 e. The second-order valence-electron chi connectivity index (χ2n) is 7.52. The maximum Gasteiger partial charge on any atom is 0.319 e. The average molecular weight is 445 g/mol. The van der Waals surface area contributed by atoms with Gasteiger partial charge in [0, 0.05) is 58.8 Å².